The standard InChI is InChI=1S/C14H18N2O4S/c1-9-6-10(4-5-11(9)14(15)21)16(7-12(17)19-2)8-13(18)20-3/h4-6H,7-8H2,1-3H3,(H2,15,21). The molecular formula is C14H18N2O4S. The summed E-state index contributed by atoms with van der Waals surface area (Å²) in [7, 11) is 2.58. The SMILES string of the molecule is COC(=O)CN(CC(=O)OC)c1ccc(C(N)=S)c(C)c1. The number of hydrogen-bond acceptors (Lipinski definition) is 6. The highest BCUT2D eigenvalue weighted by Gasteiger charge is 2.17. The lowest BCUT2D eigenvalue weighted by Gasteiger charge is -2.23. The molecule has 0 aliphatic rings. The van der Waals surface area contributed by atoms with Crippen LogP contribution in [0.1, 0.15) is 11.1 Å². The van der Waals surface area contributed by atoms with Crippen LogP contribution in [-0.4, -0.2) is 44.2 Å². The van der Waals surface area contributed by atoms with Gasteiger partial charge in [-0.1, -0.05) is 12.2 Å². The van der Waals surface area contributed by atoms with Crippen molar-refractivity contribution in [3.05, 3.63) is 29.3 Å². The van der Waals surface area contributed by atoms with E-state index in [-0.39, 0.29) is 13.1 Å². The molecule has 7 heteroatoms. The normalized spacial score (nSPS) is 9.86. The highest BCUT2D eigenvalue weighted by molar-refractivity contribution is 7.80. The van der Waals surface area contributed by atoms with Crippen LogP contribution in [0.4, 0.5) is 5.69 Å². The molecule has 0 heterocycles. The van der Waals surface area contributed by atoms with E-state index in [0.29, 0.717) is 10.7 Å². The largest absolute Gasteiger partial charge is 0.468 e. The van der Waals surface area contributed by atoms with E-state index in [0.717, 1.165) is 11.1 Å². The van der Waals surface area contributed by atoms with Gasteiger partial charge in [-0.25, -0.2) is 0 Å². The molecule has 2 N–H and O–H groups in total. The van der Waals surface area contributed by atoms with E-state index < -0.39 is 11.9 Å². The third-order valence-electron chi connectivity index (χ3n) is 2.94. The number of rotatable bonds is 6. The number of methoxy groups -OCH3 is 2. The monoisotopic (exact) mass is 310 g/mol. The van der Waals surface area contributed by atoms with Gasteiger partial charge in [0.05, 0.1) is 14.2 Å². The van der Waals surface area contributed by atoms with Crippen LogP contribution in [0, 0.1) is 6.92 Å². The zero-order valence-corrected chi connectivity index (χ0v) is 13.0. The molecule has 1 aromatic rings. The number of nitrogens with two attached hydrogens (primary N) is 1. The first-order valence-corrected chi connectivity index (χ1v) is 6.59. The molecule has 21 heavy (non-hydrogen) atoms. The van der Waals surface area contributed by atoms with E-state index in [1.54, 1.807) is 23.1 Å². The average molecular weight is 310 g/mol. The van der Waals surface area contributed by atoms with Gasteiger partial charge in [0.25, 0.3) is 0 Å². The minimum Gasteiger partial charge on any atom is -0.468 e. The zero-order valence-electron chi connectivity index (χ0n) is 12.2. The smallest absolute Gasteiger partial charge is 0.325 e. The number of carbonyl (C=O) groups excluding carboxylic acids is 2. The Bertz CT molecular complexity index is 542. The second-order valence-electron chi connectivity index (χ2n) is 4.37. The maximum absolute atomic E-state index is 11.5. The van der Waals surface area contributed by atoms with Crippen LogP contribution in [0.2, 0.25) is 0 Å². The van der Waals surface area contributed by atoms with Gasteiger partial charge in [-0.3, -0.25) is 9.59 Å². The quantitative estimate of drug-likeness (QED) is 0.614. The first kappa shape index (κ1) is 16.9. The third-order valence-corrected chi connectivity index (χ3v) is 3.16. The average Bonchev–Trinajstić information content (AvgIpc) is 2.45. The number of benzene rings is 1. The van der Waals surface area contributed by atoms with Crippen molar-refractivity contribution >= 4 is 34.8 Å². The Morgan fingerprint density at radius 1 is 1.19 bits per heavy atom. The Balaban J connectivity index is 3.07. The molecule has 0 atom stereocenters. The van der Waals surface area contributed by atoms with E-state index in [4.69, 9.17) is 18.0 Å². The summed E-state index contributed by atoms with van der Waals surface area (Å²) in [6, 6.07) is 5.31. The summed E-state index contributed by atoms with van der Waals surface area (Å²) in [6.45, 7) is 1.74. The molecule has 0 aromatic heterocycles. The van der Waals surface area contributed by atoms with Crippen molar-refractivity contribution in [1.82, 2.24) is 0 Å². The van der Waals surface area contributed by atoms with Crippen molar-refractivity contribution in [2.45, 2.75) is 6.92 Å². The number of hydrogen-bond donors (Lipinski definition) is 1. The van der Waals surface area contributed by atoms with Crippen LogP contribution in [0.5, 0.6) is 0 Å². The maximum atomic E-state index is 11.5. The molecule has 0 aliphatic heterocycles. The summed E-state index contributed by atoms with van der Waals surface area (Å²) >= 11 is 4.95. The molecule has 1 rings (SSSR count). The van der Waals surface area contributed by atoms with E-state index >= 15 is 0 Å². The Morgan fingerprint density at radius 3 is 2.10 bits per heavy atom. The molecule has 0 unspecified atom stereocenters. The molecule has 6 nitrogen and oxygen atoms in total. The molecule has 0 saturated heterocycles. The minimum absolute atomic E-state index is 0.0581. The van der Waals surface area contributed by atoms with E-state index in [1.807, 2.05) is 6.92 Å². The number of thiocarbonyl (C=S) groups is 1. The number of ether oxygens (including phenoxy) is 2. The Labute approximate surface area is 128 Å². The lowest BCUT2D eigenvalue weighted by molar-refractivity contribution is -0.140. The third kappa shape index (κ3) is 4.71. The van der Waals surface area contributed by atoms with E-state index in [2.05, 4.69) is 9.47 Å². The Kier molecular flexibility index (Phi) is 6.10. The van der Waals surface area contributed by atoms with Gasteiger partial charge in [-0.2, -0.15) is 0 Å². The topological polar surface area (TPSA) is 81.9 Å². The summed E-state index contributed by atoms with van der Waals surface area (Å²) in [5.74, 6) is -0.898. The van der Waals surface area contributed by atoms with Gasteiger partial charge in [-0.15, -0.1) is 0 Å². The van der Waals surface area contributed by atoms with Gasteiger partial charge in [0.1, 0.15) is 18.1 Å². The van der Waals surface area contributed by atoms with Gasteiger partial charge in [0, 0.05) is 11.3 Å². The van der Waals surface area contributed by atoms with Crippen LogP contribution in [0.3, 0.4) is 0 Å². The molecule has 0 radical (unpaired) electrons. The van der Waals surface area contributed by atoms with Gasteiger partial charge in [-0.05, 0) is 30.7 Å². The summed E-state index contributed by atoms with van der Waals surface area (Å²) in [6.07, 6.45) is 0. The number of carbonyl (C=O) groups is 2. The number of esters is 2. The first-order valence-electron chi connectivity index (χ1n) is 6.18. The molecule has 0 saturated carbocycles. The van der Waals surface area contributed by atoms with E-state index in [1.165, 1.54) is 14.2 Å². The van der Waals surface area contributed by atoms with Gasteiger partial charge < -0.3 is 20.1 Å². The van der Waals surface area contributed by atoms with E-state index in [9.17, 15) is 9.59 Å². The van der Waals surface area contributed by atoms with Gasteiger partial charge >= 0.3 is 11.9 Å². The van der Waals surface area contributed by atoms with Crippen LogP contribution < -0.4 is 10.6 Å². The second-order valence-corrected chi connectivity index (χ2v) is 4.81. The Hall–Kier alpha value is -2.15. The summed E-state index contributed by atoms with van der Waals surface area (Å²) < 4.78 is 9.27. The number of aryl methyl sites for hydroxylation is 1. The van der Waals surface area contributed by atoms with Crippen molar-refractivity contribution in [2.75, 3.05) is 32.2 Å². The molecule has 0 fully saturated rings. The molecule has 114 valence electrons. The van der Waals surface area contributed by atoms with Crippen LogP contribution in [0.25, 0.3) is 0 Å². The lowest BCUT2D eigenvalue weighted by Crippen LogP contribution is -2.35. The van der Waals surface area contributed by atoms with Crippen molar-refractivity contribution in [2.24, 2.45) is 5.73 Å². The highest BCUT2D eigenvalue weighted by atomic mass is 32.1. The predicted octanol–water partition coefficient (Wildman–Crippen LogP) is 0.782. The number of anilines is 1. The molecule has 0 aliphatic carbocycles. The second kappa shape index (κ2) is 7.58. The summed E-state index contributed by atoms with van der Waals surface area (Å²) in [5, 5.41) is 0. The van der Waals surface area contributed by atoms with Crippen molar-refractivity contribution in [1.29, 1.82) is 0 Å². The van der Waals surface area contributed by atoms with Crippen LogP contribution in [0.15, 0.2) is 18.2 Å². The zero-order chi connectivity index (χ0) is 16.0. The van der Waals surface area contributed by atoms with Gasteiger partial charge in [0.15, 0.2) is 0 Å². The summed E-state index contributed by atoms with van der Waals surface area (Å²) in [5.41, 5.74) is 7.91. The minimum atomic E-state index is -0.449. The van der Waals surface area contributed by atoms with Crippen molar-refractivity contribution < 1.29 is 19.1 Å². The molecule has 0 spiro atoms. The fourth-order valence-electron chi connectivity index (χ4n) is 1.80. The molecule has 1 aromatic carbocycles. The molecule has 0 amide bonds. The first-order chi connectivity index (χ1) is 9.88. The molecule has 0 bridgehead atoms. The van der Waals surface area contributed by atoms with Crippen molar-refractivity contribution in [3.8, 4) is 0 Å². The maximum Gasteiger partial charge on any atom is 0.325 e. The van der Waals surface area contributed by atoms with Gasteiger partial charge in [0.2, 0.25) is 0 Å². The fraction of sp³-hybridized carbons (Fsp3) is 0.357. The Morgan fingerprint density at radius 2 is 1.71 bits per heavy atom. The fourth-order valence-corrected chi connectivity index (χ4v) is 2.03. The van der Waals surface area contributed by atoms with Crippen molar-refractivity contribution in [3.63, 3.8) is 0 Å². The van der Waals surface area contributed by atoms with Crippen LogP contribution >= 0.6 is 12.2 Å². The van der Waals surface area contributed by atoms with Crippen LogP contribution in [-0.2, 0) is 19.1 Å². The highest BCUT2D eigenvalue weighted by Crippen LogP contribution is 2.19. The lowest BCUT2D eigenvalue weighted by atomic mass is 10.1. The predicted molar refractivity (Wildman–Crippen MR) is 83.3 cm³/mol. The summed E-state index contributed by atoms with van der Waals surface area (Å²) in [4.78, 5) is 24.8. The number of nitrogens with zero attached hydrogens (tertiary/aromatic N) is 1. The molecular weight excluding hydrogens is 292 g/mol.